The van der Waals surface area contributed by atoms with E-state index in [1.54, 1.807) is 6.92 Å². The van der Waals surface area contributed by atoms with Crippen molar-refractivity contribution >= 4 is 5.97 Å². The molecule has 0 radical (unpaired) electrons. The third-order valence-electron chi connectivity index (χ3n) is 1.60. The topological polar surface area (TPSA) is 49.3 Å². The van der Waals surface area contributed by atoms with E-state index >= 15 is 0 Å². The summed E-state index contributed by atoms with van der Waals surface area (Å²) in [6, 6.07) is 0. The van der Waals surface area contributed by atoms with Gasteiger partial charge in [0.2, 0.25) is 0 Å². The van der Waals surface area contributed by atoms with Crippen LogP contribution in [0, 0.1) is 5.92 Å². The molecule has 0 aromatic rings. The summed E-state index contributed by atoms with van der Waals surface area (Å²) >= 11 is 0. The smallest absolute Gasteiger partial charge is 0.306 e. The zero-order chi connectivity index (χ0) is 8.69. The second-order valence-electron chi connectivity index (χ2n) is 2.78. The summed E-state index contributed by atoms with van der Waals surface area (Å²) in [6.45, 7) is 5.61. The molecule has 0 aromatic carbocycles. The fourth-order valence-electron chi connectivity index (χ4n) is 0.744. The van der Waals surface area contributed by atoms with Crippen LogP contribution in [-0.4, -0.2) is 24.2 Å². The molecule has 0 amide bonds. The van der Waals surface area contributed by atoms with Gasteiger partial charge in [0, 0.05) is 0 Å². The van der Waals surface area contributed by atoms with E-state index in [4.69, 9.17) is 5.11 Å². The first-order chi connectivity index (χ1) is 5.18. The van der Waals surface area contributed by atoms with E-state index in [1.165, 1.54) is 0 Å². The Bertz CT molecular complexity index is 115. The third-order valence-corrected chi connectivity index (χ3v) is 1.60. The quantitative estimate of drug-likeness (QED) is 0.570. The van der Waals surface area contributed by atoms with Crippen LogP contribution in [-0.2, 0) is 4.79 Å². The van der Waals surface area contributed by atoms with E-state index in [9.17, 15) is 4.79 Å². The summed E-state index contributed by atoms with van der Waals surface area (Å²) in [6.07, 6.45) is 1.82. The van der Waals surface area contributed by atoms with Crippen LogP contribution in [0.1, 0.15) is 26.7 Å². The summed E-state index contributed by atoms with van der Waals surface area (Å²) in [5.41, 5.74) is 0. The molecular weight excluding hydrogens is 142 g/mol. The Balaban J connectivity index is 3.17. The van der Waals surface area contributed by atoms with Gasteiger partial charge in [-0.05, 0) is 25.9 Å². The van der Waals surface area contributed by atoms with Gasteiger partial charge < -0.3 is 10.4 Å². The highest BCUT2D eigenvalue weighted by Crippen LogP contribution is 1.99. The molecule has 3 nitrogen and oxygen atoms in total. The minimum absolute atomic E-state index is 0.223. The lowest BCUT2D eigenvalue weighted by molar-refractivity contribution is -0.141. The molecule has 0 spiro atoms. The number of carbonyl (C=O) groups is 1. The molecule has 3 heteroatoms. The SMILES string of the molecule is CCCNCCC(C)C(=O)O. The summed E-state index contributed by atoms with van der Waals surface area (Å²) in [7, 11) is 0. The van der Waals surface area contributed by atoms with Gasteiger partial charge in [-0.2, -0.15) is 0 Å². The van der Waals surface area contributed by atoms with Crippen molar-refractivity contribution in [3.05, 3.63) is 0 Å². The number of rotatable bonds is 6. The lowest BCUT2D eigenvalue weighted by atomic mass is 10.1. The highest BCUT2D eigenvalue weighted by atomic mass is 16.4. The Labute approximate surface area is 67.8 Å². The molecule has 1 atom stereocenters. The predicted molar refractivity (Wildman–Crippen MR) is 44.6 cm³/mol. The minimum Gasteiger partial charge on any atom is -0.481 e. The zero-order valence-corrected chi connectivity index (χ0v) is 7.26. The Morgan fingerprint density at radius 1 is 1.55 bits per heavy atom. The second kappa shape index (κ2) is 6.16. The van der Waals surface area contributed by atoms with Gasteiger partial charge in [0.1, 0.15) is 0 Å². The fourth-order valence-corrected chi connectivity index (χ4v) is 0.744. The maximum absolute atomic E-state index is 10.3. The van der Waals surface area contributed by atoms with E-state index in [0.29, 0.717) is 0 Å². The lowest BCUT2D eigenvalue weighted by Gasteiger charge is -2.05. The summed E-state index contributed by atoms with van der Waals surface area (Å²) in [5, 5.41) is 11.7. The number of carboxylic acid groups (broad SMARTS) is 1. The van der Waals surface area contributed by atoms with Gasteiger partial charge in [-0.1, -0.05) is 13.8 Å². The molecular formula is C8H17NO2. The first kappa shape index (κ1) is 10.4. The van der Waals surface area contributed by atoms with Crippen LogP contribution < -0.4 is 5.32 Å². The van der Waals surface area contributed by atoms with Gasteiger partial charge in [-0.15, -0.1) is 0 Å². The van der Waals surface area contributed by atoms with E-state index < -0.39 is 5.97 Å². The van der Waals surface area contributed by atoms with Gasteiger partial charge in [-0.25, -0.2) is 0 Å². The minimum atomic E-state index is -0.705. The van der Waals surface area contributed by atoms with Gasteiger partial charge in [0.15, 0.2) is 0 Å². The van der Waals surface area contributed by atoms with Gasteiger partial charge in [-0.3, -0.25) is 4.79 Å². The maximum atomic E-state index is 10.3. The van der Waals surface area contributed by atoms with Crippen LogP contribution >= 0.6 is 0 Å². The monoisotopic (exact) mass is 159 g/mol. The number of hydrogen-bond acceptors (Lipinski definition) is 2. The molecule has 0 heterocycles. The largest absolute Gasteiger partial charge is 0.481 e. The number of nitrogens with one attached hydrogen (secondary N) is 1. The first-order valence-electron chi connectivity index (χ1n) is 4.12. The number of carboxylic acids is 1. The van der Waals surface area contributed by atoms with Crippen LogP contribution in [0.2, 0.25) is 0 Å². The summed E-state index contributed by atoms with van der Waals surface area (Å²) in [4.78, 5) is 10.3. The van der Waals surface area contributed by atoms with Crippen molar-refractivity contribution in [1.82, 2.24) is 5.32 Å². The molecule has 0 fully saturated rings. The Hall–Kier alpha value is -0.570. The molecule has 0 saturated carbocycles. The van der Waals surface area contributed by atoms with E-state index in [0.717, 1.165) is 25.9 Å². The van der Waals surface area contributed by atoms with Crippen molar-refractivity contribution in [1.29, 1.82) is 0 Å². The van der Waals surface area contributed by atoms with E-state index in [-0.39, 0.29) is 5.92 Å². The van der Waals surface area contributed by atoms with Crippen molar-refractivity contribution < 1.29 is 9.90 Å². The Morgan fingerprint density at radius 3 is 2.64 bits per heavy atom. The summed E-state index contributed by atoms with van der Waals surface area (Å²) < 4.78 is 0. The van der Waals surface area contributed by atoms with Gasteiger partial charge in [0.25, 0.3) is 0 Å². The van der Waals surface area contributed by atoms with E-state index in [2.05, 4.69) is 12.2 Å². The van der Waals surface area contributed by atoms with Crippen molar-refractivity contribution in [3.8, 4) is 0 Å². The molecule has 0 aliphatic rings. The Kier molecular flexibility index (Phi) is 5.84. The van der Waals surface area contributed by atoms with Gasteiger partial charge in [0.05, 0.1) is 5.92 Å². The second-order valence-corrected chi connectivity index (χ2v) is 2.78. The molecule has 0 bridgehead atoms. The van der Waals surface area contributed by atoms with Crippen LogP contribution in [0.3, 0.4) is 0 Å². The lowest BCUT2D eigenvalue weighted by Crippen LogP contribution is -2.21. The molecule has 0 rings (SSSR count). The molecule has 0 aliphatic heterocycles. The highest BCUT2D eigenvalue weighted by molar-refractivity contribution is 5.69. The molecule has 1 unspecified atom stereocenters. The van der Waals surface area contributed by atoms with Crippen LogP contribution in [0.5, 0.6) is 0 Å². The predicted octanol–water partition coefficient (Wildman–Crippen LogP) is 1.10. The summed E-state index contributed by atoms with van der Waals surface area (Å²) in [5.74, 6) is -0.928. The van der Waals surface area contributed by atoms with Crippen LogP contribution in [0.25, 0.3) is 0 Å². The first-order valence-corrected chi connectivity index (χ1v) is 4.12. The molecule has 0 aliphatic carbocycles. The third kappa shape index (κ3) is 5.85. The fraction of sp³-hybridized carbons (Fsp3) is 0.875. The standard InChI is InChI=1S/C8H17NO2/c1-3-5-9-6-4-7(2)8(10)11/h7,9H,3-6H2,1-2H3,(H,10,11). The molecule has 11 heavy (non-hydrogen) atoms. The number of aliphatic carboxylic acids is 1. The van der Waals surface area contributed by atoms with Crippen LogP contribution in [0.15, 0.2) is 0 Å². The molecule has 66 valence electrons. The average molecular weight is 159 g/mol. The van der Waals surface area contributed by atoms with Crippen molar-refractivity contribution in [2.24, 2.45) is 5.92 Å². The zero-order valence-electron chi connectivity index (χ0n) is 7.26. The normalized spacial score (nSPS) is 12.9. The van der Waals surface area contributed by atoms with Gasteiger partial charge >= 0.3 is 5.97 Å². The van der Waals surface area contributed by atoms with Crippen molar-refractivity contribution in [3.63, 3.8) is 0 Å². The molecule has 0 saturated heterocycles. The van der Waals surface area contributed by atoms with E-state index in [1.807, 2.05) is 0 Å². The van der Waals surface area contributed by atoms with Crippen molar-refractivity contribution in [2.45, 2.75) is 26.7 Å². The highest BCUT2D eigenvalue weighted by Gasteiger charge is 2.08. The molecule has 2 N–H and O–H groups in total. The number of hydrogen-bond donors (Lipinski definition) is 2. The average Bonchev–Trinajstić information content (AvgIpc) is 1.97. The maximum Gasteiger partial charge on any atom is 0.306 e. The van der Waals surface area contributed by atoms with Crippen molar-refractivity contribution in [2.75, 3.05) is 13.1 Å². The Morgan fingerprint density at radius 2 is 2.18 bits per heavy atom. The van der Waals surface area contributed by atoms with Crippen LogP contribution in [0.4, 0.5) is 0 Å². The molecule has 0 aromatic heterocycles.